The molecule has 0 fully saturated rings. The van der Waals surface area contributed by atoms with Crippen LogP contribution in [0.15, 0.2) is 24.7 Å². The van der Waals surface area contributed by atoms with Crippen molar-refractivity contribution in [2.24, 2.45) is 0 Å². The lowest BCUT2D eigenvalue weighted by Gasteiger charge is -1.95. The summed E-state index contributed by atoms with van der Waals surface area (Å²) in [7, 11) is 0. The summed E-state index contributed by atoms with van der Waals surface area (Å²) in [6.07, 6.45) is 4.33. The third-order valence-electron chi connectivity index (χ3n) is 1.73. The largest absolute Gasteiger partial charge is 0.477 e. The third-order valence-corrected chi connectivity index (χ3v) is 1.73. The smallest absolute Gasteiger partial charge is 0.341 e. The highest BCUT2D eigenvalue weighted by molar-refractivity contribution is 5.92. The lowest BCUT2D eigenvalue weighted by molar-refractivity contribution is 0.0698. The molecule has 2 aromatic rings. The van der Waals surface area contributed by atoms with Gasteiger partial charge in [0.2, 0.25) is 0 Å². The SMILES string of the molecule is Nc1nn(-c2ncccn2)cc1C(=O)O. The fourth-order valence-electron chi connectivity index (χ4n) is 1.06. The van der Waals surface area contributed by atoms with Crippen molar-refractivity contribution in [3.63, 3.8) is 0 Å². The Morgan fingerprint density at radius 1 is 1.40 bits per heavy atom. The maximum absolute atomic E-state index is 10.7. The molecule has 0 aliphatic carbocycles. The van der Waals surface area contributed by atoms with E-state index in [4.69, 9.17) is 10.8 Å². The predicted octanol–water partition coefficient (Wildman–Crippen LogP) is -0.0573. The summed E-state index contributed by atoms with van der Waals surface area (Å²) >= 11 is 0. The number of anilines is 1. The van der Waals surface area contributed by atoms with Gasteiger partial charge in [0.25, 0.3) is 5.95 Å². The Morgan fingerprint density at radius 3 is 2.60 bits per heavy atom. The van der Waals surface area contributed by atoms with Gasteiger partial charge in [-0.15, -0.1) is 5.10 Å². The molecule has 0 aliphatic heterocycles. The topological polar surface area (TPSA) is 107 Å². The summed E-state index contributed by atoms with van der Waals surface area (Å²) in [5.41, 5.74) is 5.34. The second kappa shape index (κ2) is 3.37. The van der Waals surface area contributed by atoms with Crippen LogP contribution >= 0.6 is 0 Å². The Hall–Kier alpha value is -2.44. The van der Waals surface area contributed by atoms with E-state index in [-0.39, 0.29) is 17.3 Å². The van der Waals surface area contributed by atoms with Gasteiger partial charge in [-0.1, -0.05) is 0 Å². The molecule has 76 valence electrons. The molecule has 7 heteroatoms. The van der Waals surface area contributed by atoms with Gasteiger partial charge >= 0.3 is 5.97 Å². The van der Waals surface area contributed by atoms with Gasteiger partial charge in [0, 0.05) is 12.4 Å². The molecule has 0 atom stereocenters. The molecule has 0 saturated heterocycles. The lowest BCUT2D eigenvalue weighted by Crippen LogP contribution is -2.00. The first-order chi connectivity index (χ1) is 7.18. The first-order valence-corrected chi connectivity index (χ1v) is 4.04. The lowest BCUT2D eigenvalue weighted by atomic mass is 10.3. The maximum Gasteiger partial charge on any atom is 0.341 e. The van der Waals surface area contributed by atoms with Crippen molar-refractivity contribution in [3.05, 3.63) is 30.2 Å². The van der Waals surface area contributed by atoms with E-state index in [1.54, 1.807) is 6.07 Å². The van der Waals surface area contributed by atoms with E-state index in [2.05, 4.69) is 15.1 Å². The Balaban J connectivity index is 2.48. The molecule has 2 heterocycles. The van der Waals surface area contributed by atoms with Crippen LogP contribution in [0.25, 0.3) is 5.95 Å². The molecule has 2 aromatic heterocycles. The van der Waals surface area contributed by atoms with E-state index >= 15 is 0 Å². The normalized spacial score (nSPS) is 10.1. The van der Waals surface area contributed by atoms with Gasteiger partial charge in [0.05, 0.1) is 6.20 Å². The van der Waals surface area contributed by atoms with Gasteiger partial charge < -0.3 is 10.8 Å². The molecule has 0 aliphatic rings. The average Bonchev–Trinajstić information content (AvgIpc) is 2.62. The number of aromatic nitrogens is 4. The minimum absolute atomic E-state index is 0.0602. The third kappa shape index (κ3) is 1.62. The summed E-state index contributed by atoms with van der Waals surface area (Å²) in [5.74, 6) is -0.915. The molecule has 0 amide bonds. The minimum Gasteiger partial charge on any atom is -0.477 e. The number of hydrogen-bond donors (Lipinski definition) is 2. The van der Waals surface area contributed by atoms with Gasteiger partial charge in [-0.25, -0.2) is 19.4 Å². The Bertz CT molecular complexity index is 493. The van der Waals surface area contributed by atoms with Gasteiger partial charge in [0.15, 0.2) is 5.82 Å². The van der Waals surface area contributed by atoms with Crippen LogP contribution in [0.4, 0.5) is 5.82 Å². The zero-order valence-corrected chi connectivity index (χ0v) is 7.53. The number of hydrogen-bond acceptors (Lipinski definition) is 5. The summed E-state index contributed by atoms with van der Waals surface area (Å²) < 4.78 is 1.22. The number of carbonyl (C=O) groups is 1. The van der Waals surface area contributed by atoms with Crippen molar-refractivity contribution in [1.29, 1.82) is 0 Å². The van der Waals surface area contributed by atoms with E-state index < -0.39 is 5.97 Å². The van der Waals surface area contributed by atoms with Crippen LogP contribution in [0, 0.1) is 0 Å². The number of nitrogen functional groups attached to an aromatic ring is 1. The van der Waals surface area contributed by atoms with Gasteiger partial charge in [-0.3, -0.25) is 0 Å². The zero-order chi connectivity index (χ0) is 10.8. The molecule has 7 nitrogen and oxygen atoms in total. The summed E-state index contributed by atoms with van der Waals surface area (Å²) in [5, 5.41) is 12.5. The van der Waals surface area contributed by atoms with Crippen LogP contribution < -0.4 is 5.73 Å². The fraction of sp³-hybridized carbons (Fsp3) is 0. The van der Waals surface area contributed by atoms with Crippen molar-refractivity contribution in [1.82, 2.24) is 19.7 Å². The van der Waals surface area contributed by atoms with Crippen LogP contribution in [0.5, 0.6) is 0 Å². The van der Waals surface area contributed by atoms with Crippen molar-refractivity contribution < 1.29 is 9.90 Å². The van der Waals surface area contributed by atoms with E-state index in [1.807, 2.05) is 0 Å². The Morgan fingerprint density at radius 2 is 2.07 bits per heavy atom. The minimum atomic E-state index is -1.13. The quantitative estimate of drug-likeness (QED) is 0.711. The van der Waals surface area contributed by atoms with Gasteiger partial charge in [0.1, 0.15) is 5.56 Å². The summed E-state index contributed by atoms with van der Waals surface area (Å²) in [6.45, 7) is 0. The summed E-state index contributed by atoms with van der Waals surface area (Å²) in [4.78, 5) is 18.5. The molecule has 2 rings (SSSR count). The highest BCUT2D eigenvalue weighted by Gasteiger charge is 2.14. The van der Waals surface area contributed by atoms with Gasteiger partial charge in [-0.05, 0) is 6.07 Å². The van der Waals surface area contributed by atoms with Gasteiger partial charge in [-0.2, -0.15) is 0 Å². The summed E-state index contributed by atoms with van der Waals surface area (Å²) in [6, 6.07) is 1.65. The van der Waals surface area contributed by atoms with Crippen molar-refractivity contribution in [3.8, 4) is 5.95 Å². The van der Waals surface area contributed by atoms with E-state index in [0.717, 1.165) is 0 Å². The molecular weight excluding hydrogens is 198 g/mol. The molecule has 0 unspecified atom stereocenters. The molecule has 0 radical (unpaired) electrons. The van der Waals surface area contributed by atoms with Crippen molar-refractivity contribution in [2.75, 3.05) is 5.73 Å². The Kier molecular flexibility index (Phi) is 2.05. The van der Waals surface area contributed by atoms with Crippen molar-refractivity contribution >= 4 is 11.8 Å². The first-order valence-electron chi connectivity index (χ1n) is 4.04. The van der Waals surface area contributed by atoms with E-state index in [9.17, 15) is 4.79 Å². The zero-order valence-electron chi connectivity index (χ0n) is 7.53. The average molecular weight is 205 g/mol. The second-order valence-electron chi connectivity index (χ2n) is 2.73. The predicted molar refractivity (Wildman–Crippen MR) is 50.5 cm³/mol. The number of nitrogens with two attached hydrogens (primary N) is 1. The fourth-order valence-corrected chi connectivity index (χ4v) is 1.06. The number of carboxylic acids is 1. The maximum atomic E-state index is 10.7. The second-order valence-corrected chi connectivity index (χ2v) is 2.73. The standard InChI is InChI=1S/C8H7N5O2/c9-6-5(7(14)15)4-13(12-6)8-10-2-1-3-11-8/h1-4H,(H2,9,12)(H,14,15). The number of carboxylic acid groups (broad SMARTS) is 1. The van der Waals surface area contributed by atoms with Crippen LogP contribution in [0.2, 0.25) is 0 Å². The molecule has 0 saturated carbocycles. The molecule has 0 bridgehead atoms. The molecule has 0 spiro atoms. The monoisotopic (exact) mass is 205 g/mol. The van der Waals surface area contributed by atoms with Crippen LogP contribution in [0.1, 0.15) is 10.4 Å². The highest BCUT2D eigenvalue weighted by Crippen LogP contribution is 2.10. The molecule has 15 heavy (non-hydrogen) atoms. The van der Waals surface area contributed by atoms with Crippen LogP contribution in [-0.2, 0) is 0 Å². The first kappa shape index (κ1) is 9.13. The molecular formula is C8H7N5O2. The van der Waals surface area contributed by atoms with E-state index in [0.29, 0.717) is 0 Å². The number of aromatic carboxylic acids is 1. The Labute approximate surface area is 84.2 Å². The van der Waals surface area contributed by atoms with Crippen LogP contribution in [-0.4, -0.2) is 30.8 Å². The highest BCUT2D eigenvalue weighted by atomic mass is 16.4. The van der Waals surface area contributed by atoms with E-state index in [1.165, 1.54) is 23.3 Å². The number of nitrogens with zero attached hydrogens (tertiary/aromatic N) is 4. The molecule has 0 aromatic carbocycles. The van der Waals surface area contributed by atoms with Crippen molar-refractivity contribution in [2.45, 2.75) is 0 Å². The van der Waals surface area contributed by atoms with Crippen LogP contribution in [0.3, 0.4) is 0 Å². The molecule has 3 N–H and O–H groups in total. The number of rotatable bonds is 2.